The van der Waals surface area contributed by atoms with Gasteiger partial charge in [0, 0.05) is 18.8 Å². The lowest BCUT2D eigenvalue weighted by atomic mass is 10.1. The van der Waals surface area contributed by atoms with Gasteiger partial charge in [-0.1, -0.05) is 17.8 Å². The van der Waals surface area contributed by atoms with E-state index in [-0.39, 0.29) is 6.04 Å². The van der Waals surface area contributed by atoms with Crippen molar-refractivity contribution in [1.82, 2.24) is 20.1 Å². The van der Waals surface area contributed by atoms with Gasteiger partial charge in [0.2, 0.25) is 0 Å². The quantitative estimate of drug-likeness (QED) is 0.788. The van der Waals surface area contributed by atoms with Crippen LogP contribution in [0.1, 0.15) is 11.6 Å². The van der Waals surface area contributed by atoms with Gasteiger partial charge in [-0.3, -0.25) is 0 Å². The Morgan fingerprint density at radius 3 is 2.62 bits per heavy atom. The lowest BCUT2D eigenvalue weighted by Gasteiger charge is -2.18. The summed E-state index contributed by atoms with van der Waals surface area (Å²) in [7, 11) is 7.11. The van der Waals surface area contributed by atoms with E-state index in [4.69, 9.17) is 9.47 Å². The molecule has 6 nitrogen and oxygen atoms in total. The number of methoxy groups -OCH3 is 2. The summed E-state index contributed by atoms with van der Waals surface area (Å²) in [6.07, 6.45) is 1.56. The number of nitrogens with zero attached hydrogens (tertiary/aromatic N) is 3. The van der Waals surface area contributed by atoms with Gasteiger partial charge >= 0.3 is 0 Å². The second kappa shape index (κ2) is 7.33. The first-order valence-electron chi connectivity index (χ1n) is 6.55. The average Bonchev–Trinajstić information content (AvgIpc) is 2.93. The van der Waals surface area contributed by atoms with Crippen LogP contribution in [0, 0.1) is 0 Å². The minimum atomic E-state index is 0.187. The van der Waals surface area contributed by atoms with Gasteiger partial charge in [-0.2, -0.15) is 5.10 Å². The van der Waals surface area contributed by atoms with Crippen molar-refractivity contribution < 1.29 is 9.47 Å². The molecule has 1 aromatic heterocycles. The Balaban J connectivity index is 2.12. The van der Waals surface area contributed by atoms with E-state index in [1.54, 1.807) is 37.0 Å². The molecule has 0 aliphatic heterocycles. The van der Waals surface area contributed by atoms with Crippen molar-refractivity contribution >= 4 is 11.8 Å². The van der Waals surface area contributed by atoms with E-state index in [9.17, 15) is 0 Å². The molecule has 1 N–H and O–H groups in total. The molecule has 1 heterocycles. The van der Waals surface area contributed by atoms with Crippen molar-refractivity contribution in [2.45, 2.75) is 11.2 Å². The molecule has 1 aromatic carbocycles. The number of rotatable bonds is 7. The van der Waals surface area contributed by atoms with E-state index in [1.807, 2.05) is 32.3 Å². The number of ether oxygens (including phenoxy) is 2. The largest absolute Gasteiger partial charge is 0.493 e. The number of benzene rings is 1. The van der Waals surface area contributed by atoms with Crippen LogP contribution in [0.5, 0.6) is 11.5 Å². The van der Waals surface area contributed by atoms with Crippen LogP contribution in [-0.2, 0) is 7.05 Å². The minimum Gasteiger partial charge on any atom is -0.493 e. The predicted molar refractivity (Wildman–Crippen MR) is 83.1 cm³/mol. The lowest BCUT2D eigenvalue weighted by molar-refractivity contribution is 0.354. The molecular weight excluding hydrogens is 288 g/mol. The molecule has 0 spiro atoms. The van der Waals surface area contributed by atoms with Gasteiger partial charge < -0.3 is 14.8 Å². The van der Waals surface area contributed by atoms with E-state index in [0.717, 1.165) is 28.0 Å². The first-order valence-corrected chi connectivity index (χ1v) is 7.54. The van der Waals surface area contributed by atoms with Gasteiger partial charge in [0.1, 0.15) is 6.33 Å². The normalized spacial score (nSPS) is 12.2. The summed E-state index contributed by atoms with van der Waals surface area (Å²) in [6, 6.07) is 6.15. The molecule has 1 unspecified atom stereocenters. The van der Waals surface area contributed by atoms with Crippen molar-refractivity contribution in [2.75, 3.05) is 27.0 Å². The number of aromatic nitrogens is 3. The molecule has 0 aliphatic carbocycles. The highest BCUT2D eigenvalue weighted by Crippen LogP contribution is 2.31. The highest BCUT2D eigenvalue weighted by Gasteiger charge is 2.14. The Labute approximate surface area is 128 Å². The maximum absolute atomic E-state index is 5.36. The van der Waals surface area contributed by atoms with Crippen molar-refractivity contribution in [3.05, 3.63) is 30.1 Å². The van der Waals surface area contributed by atoms with Gasteiger partial charge in [-0.25, -0.2) is 9.67 Å². The maximum Gasteiger partial charge on any atom is 0.185 e. The lowest BCUT2D eigenvalue weighted by Crippen LogP contribution is -2.19. The molecule has 0 saturated heterocycles. The fourth-order valence-corrected chi connectivity index (χ4v) is 3.02. The maximum atomic E-state index is 5.36. The highest BCUT2D eigenvalue weighted by atomic mass is 32.2. The van der Waals surface area contributed by atoms with E-state index in [2.05, 4.69) is 15.4 Å². The fraction of sp³-hybridized carbons (Fsp3) is 0.429. The third-order valence-corrected chi connectivity index (χ3v) is 4.34. The Bertz CT molecular complexity index is 588. The zero-order valence-corrected chi connectivity index (χ0v) is 13.5. The van der Waals surface area contributed by atoms with Crippen molar-refractivity contribution in [1.29, 1.82) is 0 Å². The molecule has 2 aromatic rings. The summed E-state index contributed by atoms with van der Waals surface area (Å²) in [6.45, 7) is 0. The topological polar surface area (TPSA) is 61.2 Å². The monoisotopic (exact) mass is 308 g/mol. The molecule has 0 radical (unpaired) electrons. The molecule has 0 aliphatic rings. The van der Waals surface area contributed by atoms with E-state index < -0.39 is 0 Å². The smallest absolute Gasteiger partial charge is 0.185 e. The van der Waals surface area contributed by atoms with Crippen LogP contribution in [0.4, 0.5) is 0 Å². The summed E-state index contributed by atoms with van der Waals surface area (Å²) in [4.78, 5) is 4.22. The number of hydrogen-bond donors (Lipinski definition) is 1. The first kappa shape index (κ1) is 15.7. The van der Waals surface area contributed by atoms with Crippen molar-refractivity contribution in [3.63, 3.8) is 0 Å². The van der Waals surface area contributed by atoms with Crippen LogP contribution in [0.3, 0.4) is 0 Å². The van der Waals surface area contributed by atoms with Crippen LogP contribution in [0.25, 0.3) is 0 Å². The van der Waals surface area contributed by atoms with Gasteiger partial charge in [0.05, 0.1) is 14.2 Å². The second-order valence-electron chi connectivity index (χ2n) is 4.43. The van der Waals surface area contributed by atoms with Crippen LogP contribution in [-0.4, -0.2) is 41.8 Å². The molecule has 7 heteroatoms. The van der Waals surface area contributed by atoms with Crippen molar-refractivity contribution in [3.8, 4) is 11.5 Å². The predicted octanol–water partition coefficient (Wildman–Crippen LogP) is 1.89. The molecule has 1 atom stereocenters. The summed E-state index contributed by atoms with van der Waals surface area (Å²) in [5, 5.41) is 8.28. The zero-order chi connectivity index (χ0) is 15.2. The molecule has 0 fully saturated rings. The molecule has 0 bridgehead atoms. The van der Waals surface area contributed by atoms with E-state index >= 15 is 0 Å². The summed E-state index contributed by atoms with van der Waals surface area (Å²) in [5.74, 6) is 2.31. The van der Waals surface area contributed by atoms with Gasteiger partial charge in [-0.05, 0) is 24.7 Å². The Morgan fingerprint density at radius 1 is 1.29 bits per heavy atom. The molecule has 0 amide bonds. The second-order valence-corrected chi connectivity index (χ2v) is 5.42. The number of hydrogen-bond acceptors (Lipinski definition) is 6. The first-order chi connectivity index (χ1) is 10.2. The molecule has 0 saturated carbocycles. The van der Waals surface area contributed by atoms with Crippen LogP contribution in [0.15, 0.2) is 29.7 Å². The fourth-order valence-electron chi connectivity index (χ4n) is 1.99. The average molecular weight is 308 g/mol. The van der Waals surface area contributed by atoms with Crippen LogP contribution in [0.2, 0.25) is 0 Å². The minimum absolute atomic E-state index is 0.187. The molecule has 114 valence electrons. The van der Waals surface area contributed by atoms with Crippen LogP contribution >= 0.6 is 11.8 Å². The third kappa shape index (κ3) is 3.68. The number of thioether (sulfide) groups is 1. The summed E-state index contributed by atoms with van der Waals surface area (Å²) in [5.41, 5.74) is 1.14. The van der Waals surface area contributed by atoms with E-state index in [0.29, 0.717) is 0 Å². The van der Waals surface area contributed by atoms with Gasteiger partial charge in [0.25, 0.3) is 0 Å². The molecule has 21 heavy (non-hydrogen) atoms. The van der Waals surface area contributed by atoms with E-state index in [1.165, 1.54) is 0 Å². The number of nitrogens with one attached hydrogen (secondary N) is 1. The van der Waals surface area contributed by atoms with Crippen molar-refractivity contribution in [2.24, 2.45) is 7.05 Å². The molecular formula is C14H20N4O2S. The molecule has 2 rings (SSSR count). The SMILES string of the molecule is CNC(CSc1ncnn1C)c1ccc(OC)c(OC)c1. The summed E-state index contributed by atoms with van der Waals surface area (Å²) < 4.78 is 12.4. The zero-order valence-electron chi connectivity index (χ0n) is 12.7. The van der Waals surface area contributed by atoms with Gasteiger partial charge in [-0.15, -0.1) is 0 Å². The van der Waals surface area contributed by atoms with Crippen LogP contribution < -0.4 is 14.8 Å². The highest BCUT2D eigenvalue weighted by molar-refractivity contribution is 7.99. The summed E-state index contributed by atoms with van der Waals surface area (Å²) >= 11 is 1.66. The number of aryl methyl sites for hydroxylation is 1. The Hall–Kier alpha value is -1.73. The Kier molecular flexibility index (Phi) is 5.46. The third-order valence-electron chi connectivity index (χ3n) is 3.21. The van der Waals surface area contributed by atoms with Gasteiger partial charge in [0.15, 0.2) is 16.7 Å². The Morgan fingerprint density at radius 2 is 2.05 bits per heavy atom. The standard InChI is InChI=1S/C14H20N4O2S/c1-15-11(8-21-14-16-9-17-18(14)2)10-5-6-12(19-3)13(7-10)20-4/h5-7,9,11,15H,8H2,1-4H3.